The van der Waals surface area contributed by atoms with E-state index in [0.717, 1.165) is 5.56 Å². The van der Waals surface area contributed by atoms with E-state index in [9.17, 15) is 14.4 Å². The Morgan fingerprint density at radius 2 is 2.14 bits per heavy atom. The molecule has 1 aromatic rings. The fraction of sp³-hybridized carbons (Fsp3) is 0.357. The number of nitrogens with zero attached hydrogens (tertiary/aromatic N) is 3. The van der Waals surface area contributed by atoms with Crippen LogP contribution in [0.2, 0.25) is 0 Å². The number of fused-ring (bicyclic) bond motifs is 1. The van der Waals surface area contributed by atoms with E-state index in [1.807, 2.05) is 0 Å². The molecular weight excluding hydrogens is 286 g/mol. The van der Waals surface area contributed by atoms with Gasteiger partial charge in [0, 0.05) is 26.4 Å². The molecule has 0 spiro atoms. The number of aliphatic imine (C=N–C) groups is 1. The Morgan fingerprint density at radius 3 is 2.77 bits per heavy atom. The van der Waals surface area contributed by atoms with E-state index in [-0.39, 0.29) is 11.5 Å². The van der Waals surface area contributed by atoms with Crippen LogP contribution in [-0.4, -0.2) is 42.0 Å². The molecule has 2 amide bonds. The summed E-state index contributed by atoms with van der Waals surface area (Å²) in [5.41, 5.74) is 1.19. The lowest BCUT2D eigenvalue weighted by molar-refractivity contribution is -0.124. The van der Waals surface area contributed by atoms with Gasteiger partial charge in [-0.3, -0.25) is 19.8 Å². The van der Waals surface area contributed by atoms with Crippen LogP contribution in [0.15, 0.2) is 22.1 Å². The zero-order chi connectivity index (χ0) is 16.4. The summed E-state index contributed by atoms with van der Waals surface area (Å²) in [6, 6.07) is 0.637. The first-order valence-corrected chi connectivity index (χ1v) is 6.68. The Kier molecular flexibility index (Phi) is 4.20. The number of rotatable bonds is 1. The van der Waals surface area contributed by atoms with Gasteiger partial charge >= 0.3 is 0 Å². The minimum atomic E-state index is -0.771. The summed E-state index contributed by atoms with van der Waals surface area (Å²) in [5.74, 6) is -1.62. The van der Waals surface area contributed by atoms with Crippen molar-refractivity contribution in [2.45, 2.75) is 18.9 Å². The normalized spacial score (nSPS) is 17.5. The van der Waals surface area contributed by atoms with Gasteiger partial charge in [-0.25, -0.2) is 4.99 Å². The van der Waals surface area contributed by atoms with Crippen LogP contribution in [0.1, 0.15) is 12.0 Å². The molecule has 1 atom stereocenters. The molecule has 1 aliphatic rings. The number of amidine groups is 1. The van der Waals surface area contributed by atoms with Crippen molar-refractivity contribution >= 4 is 30.1 Å². The van der Waals surface area contributed by atoms with Crippen molar-refractivity contribution in [3.05, 3.63) is 28.2 Å². The molecule has 116 valence electrons. The second-order valence-electron chi connectivity index (χ2n) is 5.10. The zero-order valence-corrected chi connectivity index (χ0v) is 12.4. The quantitative estimate of drug-likeness (QED) is 0.537. The summed E-state index contributed by atoms with van der Waals surface area (Å²) in [6.45, 7) is 3.11. The maximum Gasteiger partial charge on any atom is 0.289 e. The van der Waals surface area contributed by atoms with Crippen molar-refractivity contribution in [1.29, 1.82) is 5.41 Å². The first-order chi connectivity index (χ1) is 10.3. The van der Waals surface area contributed by atoms with Crippen LogP contribution >= 0.6 is 0 Å². The van der Waals surface area contributed by atoms with Gasteiger partial charge in [-0.1, -0.05) is 0 Å². The summed E-state index contributed by atoms with van der Waals surface area (Å²) in [7, 11) is 3.20. The standard InChI is InChI=1S/C14H17N5O3/c1-16-12(15)13(21)17-9-5-4-8-7-18(2)11(20)6-10(8)19(3)14(9)22/h6-7,9,15H,1,4-5H2,2-3H3,(H,17,21)/t9-/m0/s1. The predicted octanol–water partition coefficient (Wildman–Crippen LogP) is -0.543. The largest absolute Gasteiger partial charge is 0.338 e. The molecule has 2 heterocycles. The van der Waals surface area contributed by atoms with E-state index < -0.39 is 17.8 Å². The molecule has 0 bridgehead atoms. The monoisotopic (exact) mass is 303 g/mol. The van der Waals surface area contributed by atoms with Crippen LogP contribution in [0.3, 0.4) is 0 Å². The van der Waals surface area contributed by atoms with Crippen LogP contribution in [-0.2, 0) is 23.1 Å². The lowest BCUT2D eigenvalue weighted by Crippen LogP contribution is -2.48. The van der Waals surface area contributed by atoms with Gasteiger partial charge < -0.3 is 14.8 Å². The molecule has 0 aromatic carbocycles. The highest BCUT2D eigenvalue weighted by molar-refractivity contribution is 6.38. The Labute approximate surface area is 127 Å². The zero-order valence-electron chi connectivity index (χ0n) is 12.4. The number of amides is 2. The van der Waals surface area contributed by atoms with Gasteiger partial charge in [-0.2, -0.15) is 0 Å². The molecule has 0 saturated carbocycles. The SMILES string of the molecule is C=NC(=N)C(=O)N[C@H]1CCc2cn(C)c(=O)cc2N(C)C1=O. The van der Waals surface area contributed by atoms with Crippen LogP contribution < -0.4 is 15.8 Å². The Morgan fingerprint density at radius 1 is 1.45 bits per heavy atom. The third-order valence-electron chi connectivity index (χ3n) is 3.66. The third kappa shape index (κ3) is 2.80. The number of nitrogens with one attached hydrogen (secondary N) is 2. The van der Waals surface area contributed by atoms with Gasteiger partial charge in [0.15, 0.2) is 0 Å². The van der Waals surface area contributed by atoms with Crippen molar-refractivity contribution in [1.82, 2.24) is 9.88 Å². The molecule has 1 aliphatic heterocycles. The third-order valence-corrected chi connectivity index (χ3v) is 3.66. The molecule has 0 fully saturated rings. The second kappa shape index (κ2) is 5.92. The molecule has 22 heavy (non-hydrogen) atoms. The number of aromatic nitrogens is 1. The highest BCUT2D eigenvalue weighted by Gasteiger charge is 2.30. The number of aryl methyl sites for hydroxylation is 2. The highest BCUT2D eigenvalue weighted by atomic mass is 16.2. The molecule has 2 rings (SSSR count). The number of likely N-dealkylation sites (N-methyl/N-ethyl adjacent to an activating group) is 1. The van der Waals surface area contributed by atoms with E-state index in [1.54, 1.807) is 20.3 Å². The average molecular weight is 303 g/mol. The average Bonchev–Trinajstić information content (AvgIpc) is 2.60. The number of carbonyl (C=O) groups excluding carboxylic acids is 2. The summed E-state index contributed by atoms with van der Waals surface area (Å²) in [6.07, 6.45) is 2.60. The van der Waals surface area contributed by atoms with Crippen LogP contribution in [0, 0.1) is 5.41 Å². The minimum absolute atomic E-state index is 0.210. The summed E-state index contributed by atoms with van der Waals surface area (Å²) in [5, 5.41) is 9.79. The number of carbonyl (C=O) groups is 2. The van der Waals surface area contributed by atoms with E-state index in [1.165, 1.54) is 15.5 Å². The molecule has 0 aliphatic carbocycles. The number of hydrogen-bond acceptors (Lipinski definition) is 4. The molecule has 2 N–H and O–H groups in total. The Hall–Kier alpha value is -2.77. The first kappa shape index (κ1) is 15.6. The molecule has 1 aromatic heterocycles. The summed E-state index contributed by atoms with van der Waals surface area (Å²) < 4.78 is 1.45. The van der Waals surface area contributed by atoms with Gasteiger partial charge in [0.25, 0.3) is 11.5 Å². The predicted molar refractivity (Wildman–Crippen MR) is 82.6 cm³/mol. The van der Waals surface area contributed by atoms with E-state index >= 15 is 0 Å². The fourth-order valence-corrected chi connectivity index (χ4v) is 2.39. The molecule has 8 nitrogen and oxygen atoms in total. The first-order valence-electron chi connectivity index (χ1n) is 6.68. The summed E-state index contributed by atoms with van der Waals surface area (Å²) >= 11 is 0. The van der Waals surface area contributed by atoms with Crippen molar-refractivity contribution in [3.63, 3.8) is 0 Å². The number of pyridine rings is 1. The van der Waals surface area contributed by atoms with Crippen LogP contribution in [0.25, 0.3) is 0 Å². The molecular formula is C14H17N5O3. The van der Waals surface area contributed by atoms with E-state index in [0.29, 0.717) is 18.5 Å². The second-order valence-corrected chi connectivity index (χ2v) is 5.10. The molecule has 0 radical (unpaired) electrons. The van der Waals surface area contributed by atoms with Crippen molar-refractivity contribution in [2.75, 3.05) is 11.9 Å². The van der Waals surface area contributed by atoms with Gasteiger partial charge in [0.2, 0.25) is 11.7 Å². The van der Waals surface area contributed by atoms with Crippen LogP contribution in [0.5, 0.6) is 0 Å². The molecule has 0 saturated heterocycles. The van der Waals surface area contributed by atoms with Crippen molar-refractivity contribution in [2.24, 2.45) is 12.0 Å². The topological polar surface area (TPSA) is 108 Å². The fourth-order valence-electron chi connectivity index (χ4n) is 2.39. The number of hydrogen-bond donors (Lipinski definition) is 2. The Balaban J connectivity index is 2.30. The Bertz CT molecular complexity index is 722. The van der Waals surface area contributed by atoms with Gasteiger partial charge in [-0.05, 0) is 25.1 Å². The van der Waals surface area contributed by atoms with Crippen LogP contribution in [0.4, 0.5) is 5.69 Å². The van der Waals surface area contributed by atoms with Gasteiger partial charge in [-0.15, -0.1) is 0 Å². The molecule has 8 heteroatoms. The highest BCUT2D eigenvalue weighted by Crippen LogP contribution is 2.24. The lowest BCUT2D eigenvalue weighted by atomic mass is 10.1. The van der Waals surface area contributed by atoms with E-state index in [4.69, 9.17) is 5.41 Å². The minimum Gasteiger partial charge on any atom is -0.338 e. The number of anilines is 1. The maximum absolute atomic E-state index is 12.4. The van der Waals surface area contributed by atoms with Gasteiger partial charge in [0.05, 0.1) is 5.69 Å². The van der Waals surface area contributed by atoms with Crippen molar-refractivity contribution in [3.8, 4) is 0 Å². The maximum atomic E-state index is 12.4. The lowest BCUT2D eigenvalue weighted by Gasteiger charge is -2.21. The summed E-state index contributed by atoms with van der Waals surface area (Å²) in [4.78, 5) is 40.5. The van der Waals surface area contributed by atoms with Gasteiger partial charge in [0.1, 0.15) is 6.04 Å². The molecule has 0 unspecified atom stereocenters. The van der Waals surface area contributed by atoms with Crippen molar-refractivity contribution < 1.29 is 9.59 Å². The van der Waals surface area contributed by atoms with E-state index in [2.05, 4.69) is 17.0 Å². The smallest absolute Gasteiger partial charge is 0.289 e.